The van der Waals surface area contributed by atoms with Crippen LogP contribution in [0.5, 0.6) is 0 Å². The van der Waals surface area contributed by atoms with Gasteiger partial charge in [0.05, 0.1) is 0 Å². The molecule has 0 radical (unpaired) electrons. The monoisotopic (exact) mass is 494 g/mol. The second-order valence-corrected chi connectivity index (χ2v) is 10.6. The Bertz CT molecular complexity index is 831. The number of unbranched alkanes of at least 4 members (excludes halogenated alkanes) is 10. The number of allylic oxidation sites excluding steroid dienone is 1. The fraction of sp³-hybridized carbons (Fsp3) is 0.548. The minimum absolute atomic E-state index is 0.695. The zero-order valence-corrected chi connectivity index (χ0v) is 22.1. The average Bonchev–Trinajstić information content (AvgIpc) is 3.11. The highest BCUT2D eigenvalue weighted by Gasteiger charge is 2.24. The third-order valence-electron chi connectivity index (χ3n) is 7.04. The van der Waals surface area contributed by atoms with Gasteiger partial charge in [0.2, 0.25) is 0 Å². The van der Waals surface area contributed by atoms with E-state index in [1.807, 2.05) is 0 Å². The van der Waals surface area contributed by atoms with E-state index >= 15 is 0 Å². The second kappa shape index (κ2) is 14.0. The molecule has 0 bridgehead atoms. The molecule has 32 heavy (non-hydrogen) atoms. The number of hydrogen-bond acceptors (Lipinski definition) is 0. The van der Waals surface area contributed by atoms with Crippen LogP contribution in [0.15, 0.2) is 53.0 Å². The maximum atomic E-state index is 3.72. The van der Waals surface area contributed by atoms with Gasteiger partial charge in [0.1, 0.15) is 0 Å². The highest BCUT2D eigenvalue weighted by Crippen LogP contribution is 2.46. The van der Waals surface area contributed by atoms with Gasteiger partial charge in [-0.15, -0.1) is 0 Å². The van der Waals surface area contributed by atoms with Gasteiger partial charge >= 0.3 is 0 Å². The Morgan fingerprint density at radius 1 is 0.625 bits per heavy atom. The predicted octanol–water partition coefficient (Wildman–Crippen LogP) is 11.0. The van der Waals surface area contributed by atoms with Crippen molar-refractivity contribution in [3.05, 3.63) is 64.1 Å². The minimum atomic E-state index is 0.695. The van der Waals surface area contributed by atoms with Crippen molar-refractivity contribution in [3.63, 3.8) is 0 Å². The molecule has 0 saturated heterocycles. The molecule has 0 heterocycles. The molecule has 0 saturated carbocycles. The summed E-state index contributed by atoms with van der Waals surface area (Å²) >= 11 is 3.72. The number of halogens is 1. The Hall–Kier alpha value is -1.34. The first-order valence-electron chi connectivity index (χ1n) is 13.4. The van der Waals surface area contributed by atoms with E-state index in [0.29, 0.717) is 5.92 Å². The highest BCUT2D eigenvalue weighted by atomic mass is 79.9. The van der Waals surface area contributed by atoms with E-state index in [2.05, 4.69) is 78.3 Å². The zero-order chi connectivity index (χ0) is 22.6. The maximum absolute atomic E-state index is 3.72. The lowest BCUT2D eigenvalue weighted by Gasteiger charge is -2.15. The molecule has 0 amide bonds. The van der Waals surface area contributed by atoms with Gasteiger partial charge in [0.15, 0.2) is 0 Å². The minimum Gasteiger partial charge on any atom is -0.0729 e. The molecule has 0 unspecified atom stereocenters. The van der Waals surface area contributed by atoms with Crippen molar-refractivity contribution >= 4 is 21.5 Å². The van der Waals surface area contributed by atoms with E-state index in [4.69, 9.17) is 0 Å². The van der Waals surface area contributed by atoms with Crippen LogP contribution in [0.1, 0.15) is 115 Å². The summed E-state index contributed by atoms with van der Waals surface area (Å²) in [7, 11) is 0. The van der Waals surface area contributed by atoms with Crippen molar-refractivity contribution in [1.82, 2.24) is 0 Å². The molecule has 2 aromatic carbocycles. The molecule has 1 aliphatic rings. The predicted molar refractivity (Wildman–Crippen MR) is 146 cm³/mol. The summed E-state index contributed by atoms with van der Waals surface area (Å²) in [6, 6.07) is 15.8. The summed E-state index contributed by atoms with van der Waals surface area (Å²) in [5, 5.41) is 0. The molecule has 174 valence electrons. The Kier molecular flexibility index (Phi) is 11.1. The van der Waals surface area contributed by atoms with Gasteiger partial charge < -0.3 is 0 Å². The molecular formula is C31H43Br. The van der Waals surface area contributed by atoms with Crippen molar-refractivity contribution in [1.29, 1.82) is 0 Å². The lowest BCUT2D eigenvalue weighted by molar-refractivity contribution is 0.466. The molecule has 0 spiro atoms. The Labute approximate surface area is 206 Å². The third kappa shape index (κ3) is 7.34. The van der Waals surface area contributed by atoms with Crippen LogP contribution in [-0.4, -0.2) is 0 Å². The summed E-state index contributed by atoms with van der Waals surface area (Å²) < 4.78 is 1.18. The average molecular weight is 496 g/mol. The van der Waals surface area contributed by atoms with Gasteiger partial charge in [0, 0.05) is 4.47 Å². The lowest BCUT2D eigenvalue weighted by atomic mass is 9.90. The summed E-state index contributed by atoms with van der Waals surface area (Å²) in [4.78, 5) is 0. The normalized spacial score (nSPS) is 13.7. The standard InChI is InChI=1S/C31H43Br/c1-3-5-7-9-11-13-17-25(18-14-12-10-8-6-4-2)23-30-28-20-16-15-19-27(28)29-22-21-26(32)24-31(29)30/h15-16,19-25H,3-14,17-18H2,1-2H3. The first-order valence-corrected chi connectivity index (χ1v) is 14.2. The maximum Gasteiger partial charge on any atom is 0.0181 e. The van der Waals surface area contributed by atoms with Crippen molar-refractivity contribution in [2.24, 2.45) is 5.92 Å². The number of benzene rings is 2. The van der Waals surface area contributed by atoms with E-state index < -0.39 is 0 Å². The van der Waals surface area contributed by atoms with Crippen LogP contribution in [0, 0.1) is 5.92 Å². The summed E-state index contributed by atoms with van der Waals surface area (Å²) in [5.74, 6) is 0.695. The van der Waals surface area contributed by atoms with Crippen LogP contribution in [-0.2, 0) is 0 Å². The van der Waals surface area contributed by atoms with Crippen LogP contribution >= 0.6 is 15.9 Å². The summed E-state index contributed by atoms with van der Waals surface area (Å²) in [5.41, 5.74) is 7.11. The number of rotatable bonds is 15. The smallest absolute Gasteiger partial charge is 0.0181 e. The third-order valence-corrected chi connectivity index (χ3v) is 7.53. The quantitative estimate of drug-likeness (QED) is 0.184. The van der Waals surface area contributed by atoms with Gasteiger partial charge in [0.25, 0.3) is 0 Å². The summed E-state index contributed by atoms with van der Waals surface area (Å²) in [6.07, 6.45) is 22.0. The van der Waals surface area contributed by atoms with E-state index in [1.165, 1.54) is 122 Å². The fourth-order valence-corrected chi connectivity index (χ4v) is 5.53. The van der Waals surface area contributed by atoms with Gasteiger partial charge in [-0.3, -0.25) is 0 Å². The Morgan fingerprint density at radius 2 is 1.16 bits per heavy atom. The SMILES string of the molecule is CCCCCCCCC(C=C1c2ccccc2-c2ccc(Br)cc21)CCCCCCCC. The van der Waals surface area contributed by atoms with E-state index in [-0.39, 0.29) is 0 Å². The molecule has 0 aromatic heterocycles. The van der Waals surface area contributed by atoms with Crippen LogP contribution in [0.25, 0.3) is 16.7 Å². The van der Waals surface area contributed by atoms with Gasteiger partial charge in [-0.2, -0.15) is 0 Å². The zero-order valence-electron chi connectivity index (χ0n) is 20.5. The molecule has 3 rings (SSSR count). The van der Waals surface area contributed by atoms with Gasteiger partial charge in [-0.25, -0.2) is 0 Å². The van der Waals surface area contributed by atoms with Crippen molar-refractivity contribution < 1.29 is 0 Å². The van der Waals surface area contributed by atoms with Gasteiger partial charge in [-0.05, 0) is 58.7 Å². The Balaban J connectivity index is 1.72. The lowest BCUT2D eigenvalue weighted by Crippen LogP contribution is -2.00. The molecule has 0 fully saturated rings. The second-order valence-electron chi connectivity index (χ2n) is 9.69. The molecule has 0 atom stereocenters. The van der Waals surface area contributed by atoms with E-state index in [0.717, 1.165) is 0 Å². The van der Waals surface area contributed by atoms with Crippen molar-refractivity contribution in [2.75, 3.05) is 0 Å². The van der Waals surface area contributed by atoms with Crippen LogP contribution in [0.3, 0.4) is 0 Å². The first kappa shape index (κ1) is 25.3. The van der Waals surface area contributed by atoms with E-state index in [1.54, 1.807) is 0 Å². The largest absolute Gasteiger partial charge is 0.0729 e. The van der Waals surface area contributed by atoms with Crippen LogP contribution in [0.4, 0.5) is 0 Å². The fourth-order valence-electron chi connectivity index (χ4n) is 5.17. The Morgan fingerprint density at radius 3 is 1.78 bits per heavy atom. The molecule has 1 heteroatoms. The molecule has 1 aliphatic carbocycles. The van der Waals surface area contributed by atoms with E-state index in [9.17, 15) is 0 Å². The molecule has 2 aromatic rings. The topological polar surface area (TPSA) is 0 Å². The van der Waals surface area contributed by atoms with Gasteiger partial charge in [-0.1, -0.05) is 143 Å². The molecule has 0 aliphatic heterocycles. The number of fused-ring (bicyclic) bond motifs is 3. The first-order chi connectivity index (χ1) is 15.7. The van der Waals surface area contributed by atoms with Crippen LogP contribution in [0.2, 0.25) is 0 Å². The van der Waals surface area contributed by atoms with Crippen molar-refractivity contribution in [2.45, 2.75) is 104 Å². The van der Waals surface area contributed by atoms with Crippen molar-refractivity contribution in [3.8, 4) is 11.1 Å². The van der Waals surface area contributed by atoms with Crippen LogP contribution < -0.4 is 0 Å². The molecular weight excluding hydrogens is 452 g/mol. The molecule has 0 N–H and O–H groups in total. The number of hydrogen-bond donors (Lipinski definition) is 0. The summed E-state index contributed by atoms with van der Waals surface area (Å²) in [6.45, 7) is 4.61. The molecule has 0 nitrogen and oxygen atoms in total. The highest BCUT2D eigenvalue weighted by molar-refractivity contribution is 9.10.